The Morgan fingerprint density at radius 2 is 1.80 bits per heavy atom. The minimum Gasteiger partial charge on any atom is -0.366 e. The van der Waals surface area contributed by atoms with Crippen molar-refractivity contribution in [3.8, 4) is 0 Å². The number of rotatable bonds is 4. The molecule has 3 heteroatoms. The van der Waals surface area contributed by atoms with E-state index in [2.05, 4.69) is 50.8 Å². The number of para-hydroxylation sites is 2. The van der Waals surface area contributed by atoms with Gasteiger partial charge in [0, 0.05) is 25.0 Å². The molecule has 0 N–H and O–H groups in total. The van der Waals surface area contributed by atoms with Gasteiger partial charge in [-0.3, -0.25) is 4.79 Å². The third-order valence-electron chi connectivity index (χ3n) is 4.40. The van der Waals surface area contributed by atoms with Gasteiger partial charge in [0.05, 0.1) is 11.4 Å². The highest BCUT2D eigenvalue weighted by molar-refractivity contribution is 5.99. The monoisotopic (exact) mass is 274 g/mol. The highest BCUT2D eigenvalue weighted by Gasteiger charge is 2.32. The average molecular weight is 274 g/mol. The van der Waals surface area contributed by atoms with E-state index in [1.54, 1.807) is 0 Å². The van der Waals surface area contributed by atoms with Crippen molar-refractivity contribution in [1.82, 2.24) is 0 Å². The first kappa shape index (κ1) is 14.9. The molecule has 1 amide bonds. The number of carbonyl (C=O) groups excluding carboxylic acids is 1. The number of carbonyl (C=O) groups is 1. The van der Waals surface area contributed by atoms with Crippen molar-refractivity contribution in [2.24, 2.45) is 5.92 Å². The van der Waals surface area contributed by atoms with E-state index in [1.807, 2.05) is 11.0 Å². The second-order valence-electron chi connectivity index (χ2n) is 5.59. The molecule has 0 fully saturated rings. The Morgan fingerprint density at radius 1 is 1.20 bits per heavy atom. The molecule has 1 aliphatic rings. The van der Waals surface area contributed by atoms with Gasteiger partial charge >= 0.3 is 0 Å². The van der Waals surface area contributed by atoms with Crippen LogP contribution in [-0.2, 0) is 4.79 Å². The van der Waals surface area contributed by atoms with Crippen molar-refractivity contribution in [3.05, 3.63) is 24.3 Å². The third-order valence-corrected chi connectivity index (χ3v) is 4.40. The molecular weight excluding hydrogens is 248 g/mol. The number of hydrogen-bond donors (Lipinski definition) is 0. The van der Waals surface area contributed by atoms with Gasteiger partial charge in [0.1, 0.15) is 0 Å². The van der Waals surface area contributed by atoms with Crippen LogP contribution in [0.3, 0.4) is 0 Å². The summed E-state index contributed by atoms with van der Waals surface area (Å²) in [6.45, 7) is 10.3. The van der Waals surface area contributed by atoms with Crippen LogP contribution in [0.2, 0.25) is 0 Å². The van der Waals surface area contributed by atoms with Crippen LogP contribution in [0.15, 0.2) is 24.3 Å². The van der Waals surface area contributed by atoms with E-state index in [1.165, 1.54) is 5.69 Å². The Bertz CT molecular complexity index is 468. The summed E-state index contributed by atoms with van der Waals surface area (Å²) in [5.41, 5.74) is 2.26. The summed E-state index contributed by atoms with van der Waals surface area (Å²) >= 11 is 0. The van der Waals surface area contributed by atoms with Crippen LogP contribution in [0.1, 0.15) is 40.5 Å². The van der Waals surface area contributed by atoms with Crippen molar-refractivity contribution in [2.45, 2.75) is 46.6 Å². The average Bonchev–Trinajstić information content (AvgIpc) is 2.47. The molecular formula is C17H26N2O. The number of nitrogens with zero attached hydrogens (tertiary/aromatic N) is 2. The first-order valence-corrected chi connectivity index (χ1v) is 7.81. The highest BCUT2D eigenvalue weighted by atomic mass is 16.2. The molecule has 0 radical (unpaired) electrons. The Balaban J connectivity index is 2.38. The second-order valence-corrected chi connectivity index (χ2v) is 5.59. The summed E-state index contributed by atoms with van der Waals surface area (Å²) in [4.78, 5) is 17.2. The van der Waals surface area contributed by atoms with E-state index in [0.717, 1.165) is 31.6 Å². The van der Waals surface area contributed by atoms with Crippen molar-refractivity contribution in [1.29, 1.82) is 0 Å². The van der Waals surface area contributed by atoms with Crippen LogP contribution in [0.25, 0.3) is 0 Å². The van der Waals surface area contributed by atoms with Gasteiger partial charge in [-0.15, -0.1) is 0 Å². The molecule has 0 bridgehead atoms. The minimum absolute atomic E-state index is 0.142. The zero-order chi connectivity index (χ0) is 14.7. The number of likely N-dealkylation sites (N-methyl/N-ethyl adjacent to an activating group) is 1. The summed E-state index contributed by atoms with van der Waals surface area (Å²) in [6.07, 6.45) is 1.83. The van der Waals surface area contributed by atoms with Gasteiger partial charge in [-0.25, -0.2) is 0 Å². The van der Waals surface area contributed by atoms with Gasteiger partial charge in [0.25, 0.3) is 0 Å². The highest BCUT2D eigenvalue weighted by Crippen LogP contribution is 2.36. The predicted octanol–water partition coefficient (Wildman–Crippen LogP) is 3.68. The maximum atomic E-state index is 12.8. The zero-order valence-electron chi connectivity index (χ0n) is 13.1. The molecule has 0 aliphatic carbocycles. The van der Waals surface area contributed by atoms with Crippen LogP contribution >= 0.6 is 0 Å². The Labute approximate surface area is 122 Å². The number of benzene rings is 1. The largest absolute Gasteiger partial charge is 0.366 e. The van der Waals surface area contributed by atoms with Crippen molar-refractivity contribution in [2.75, 3.05) is 22.9 Å². The van der Waals surface area contributed by atoms with Gasteiger partial charge in [-0.1, -0.05) is 26.0 Å². The van der Waals surface area contributed by atoms with Gasteiger partial charge in [-0.2, -0.15) is 0 Å². The summed E-state index contributed by atoms with van der Waals surface area (Å²) in [6, 6.07) is 8.65. The van der Waals surface area contributed by atoms with E-state index < -0.39 is 0 Å². The standard InChI is InChI=1S/C17H26N2O/c1-5-14(6-2)17(20)19-12-13(4)18(7-3)15-10-8-9-11-16(15)19/h8-11,13-14H,5-7,12H2,1-4H3. The molecule has 1 atom stereocenters. The van der Waals surface area contributed by atoms with Crippen molar-refractivity contribution in [3.63, 3.8) is 0 Å². The van der Waals surface area contributed by atoms with Crippen LogP contribution in [0.5, 0.6) is 0 Å². The molecule has 0 spiro atoms. The predicted molar refractivity (Wildman–Crippen MR) is 85.3 cm³/mol. The maximum Gasteiger partial charge on any atom is 0.230 e. The number of amides is 1. The molecule has 2 rings (SSSR count). The Kier molecular flexibility index (Phi) is 4.69. The van der Waals surface area contributed by atoms with Crippen LogP contribution in [-0.4, -0.2) is 25.0 Å². The number of anilines is 2. The van der Waals surface area contributed by atoms with Gasteiger partial charge in [0.15, 0.2) is 0 Å². The maximum absolute atomic E-state index is 12.8. The first-order valence-electron chi connectivity index (χ1n) is 7.81. The first-order chi connectivity index (χ1) is 9.63. The second kappa shape index (κ2) is 6.29. The lowest BCUT2D eigenvalue weighted by Crippen LogP contribution is -2.51. The van der Waals surface area contributed by atoms with E-state index >= 15 is 0 Å². The lowest BCUT2D eigenvalue weighted by atomic mass is 9.99. The lowest BCUT2D eigenvalue weighted by Gasteiger charge is -2.42. The fourth-order valence-electron chi connectivity index (χ4n) is 3.18. The summed E-state index contributed by atoms with van der Waals surface area (Å²) in [5.74, 6) is 0.425. The summed E-state index contributed by atoms with van der Waals surface area (Å²) in [7, 11) is 0. The molecule has 1 aromatic rings. The van der Waals surface area contributed by atoms with Crippen LogP contribution in [0, 0.1) is 5.92 Å². The number of fused-ring (bicyclic) bond motifs is 1. The Morgan fingerprint density at radius 3 is 2.35 bits per heavy atom. The van der Waals surface area contributed by atoms with Crippen molar-refractivity contribution >= 4 is 17.3 Å². The zero-order valence-corrected chi connectivity index (χ0v) is 13.1. The fourth-order valence-corrected chi connectivity index (χ4v) is 3.18. The molecule has 1 unspecified atom stereocenters. The molecule has 20 heavy (non-hydrogen) atoms. The molecule has 1 aromatic carbocycles. The number of hydrogen-bond acceptors (Lipinski definition) is 2. The Hall–Kier alpha value is -1.51. The summed E-state index contributed by atoms with van der Waals surface area (Å²) in [5, 5.41) is 0. The van der Waals surface area contributed by atoms with E-state index in [-0.39, 0.29) is 11.8 Å². The fraction of sp³-hybridized carbons (Fsp3) is 0.588. The molecule has 3 nitrogen and oxygen atoms in total. The van der Waals surface area contributed by atoms with Gasteiger partial charge < -0.3 is 9.80 Å². The van der Waals surface area contributed by atoms with Gasteiger partial charge in [0.2, 0.25) is 5.91 Å². The normalized spacial score (nSPS) is 18.4. The summed E-state index contributed by atoms with van der Waals surface area (Å²) < 4.78 is 0. The smallest absolute Gasteiger partial charge is 0.230 e. The van der Waals surface area contributed by atoms with Crippen LogP contribution in [0.4, 0.5) is 11.4 Å². The molecule has 1 aliphatic heterocycles. The topological polar surface area (TPSA) is 23.6 Å². The minimum atomic E-state index is 0.142. The quantitative estimate of drug-likeness (QED) is 0.836. The van der Waals surface area contributed by atoms with E-state index in [0.29, 0.717) is 6.04 Å². The lowest BCUT2D eigenvalue weighted by molar-refractivity contribution is -0.122. The molecule has 0 aromatic heterocycles. The van der Waals surface area contributed by atoms with Crippen molar-refractivity contribution < 1.29 is 4.79 Å². The van der Waals surface area contributed by atoms with E-state index in [9.17, 15) is 4.79 Å². The molecule has 0 saturated heterocycles. The SMILES string of the molecule is CCC(CC)C(=O)N1CC(C)N(CC)c2ccccc21. The van der Waals surface area contributed by atoms with E-state index in [4.69, 9.17) is 0 Å². The third kappa shape index (κ3) is 2.54. The van der Waals surface area contributed by atoms with Crippen LogP contribution < -0.4 is 9.80 Å². The van der Waals surface area contributed by atoms with Gasteiger partial charge in [-0.05, 0) is 38.8 Å². The molecule has 110 valence electrons. The molecule has 1 heterocycles. The molecule has 0 saturated carbocycles.